The van der Waals surface area contributed by atoms with Gasteiger partial charge in [-0.15, -0.1) is 0 Å². The Balaban J connectivity index is 2.03. The molecule has 4 heteroatoms. The molecule has 98 valence electrons. The molecule has 0 radical (unpaired) electrons. The molecule has 0 fully saturated rings. The summed E-state index contributed by atoms with van der Waals surface area (Å²) in [5.41, 5.74) is 2.72. The van der Waals surface area contributed by atoms with Gasteiger partial charge in [0.15, 0.2) is 0 Å². The van der Waals surface area contributed by atoms with E-state index in [-0.39, 0.29) is 5.91 Å². The van der Waals surface area contributed by atoms with Crippen molar-refractivity contribution in [3.8, 4) is 0 Å². The predicted molar refractivity (Wildman–Crippen MR) is 81.5 cm³/mol. The summed E-state index contributed by atoms with van der Waals surface area (Å²) >= 11 is 9.32. The van der Waals surface area contributed by atoms with Crippen LogP contribution in [0.5, 0.6) is 0 Å². The van der Waals surface area contributed by atoms with E-state index in [2.05, 4.69) is 21.2 Å². The molecular weight excluding hydrogens is 326 g/mol. The van der Waals surface area contributed by atoms with Crippen LogP contribution < -0.4 is 5.32 Å². The Kier molecular flexibility index (Phi) is 4.61. The van der Waals surface area contributed by atoms with Crippen LogP contribution >= 0.6 is 27.5 Å². The minimum Gasteiger partial charge on any atom is -0.348 e. The second-order valence-corrected chi connectivity index (χ2v) is 5.57. The number of hydrogen-bond acceptors (Lipinski definition) is 1. The third-order valence-electron chi connectivity index (χ3n) is 2.78. The Hall–Kier alpha value is -1.32. The van der Waals surface area contributed by atoms with E-state index in [0.29, 0.717) is 17.1 Å². The molecule has 0 aliphatic rings. The van der Waals surface area contributed by atoms with Gasteiger partial charge in [0.25, 0.3) is 5.91 Å². The van der Waals surface area contributed by atoms with Crippen LogP contribution in [0.2, 0.25) is 5.02 Å². The van der Waals surface area contributed by atoms with Crippen LogP contribution in [-0.4, -0.2) is 5.91 Å². The molecule has 0 saturated heterocycles. The van der Waals surface area contributed by atoms with Crippen LogP contribution in [-0.2, 0) is 6.54 Å². The van der Waals surface area contributed by atoms with Gasteiger partial charge in [-0.05, 0) is 42.3 Å². The number of nitrogens with one attached hydrogen (secondary N) is 1. The normalized spacial score (nSPS) is 10.3. The van der Waals surface area contributed by atoms with Crippen molar-refractivity contribution in [2.75, 3.05) is 0 Å². The molecule has 0 atom stereocenters. The summed E-state index contributed by atoms with van der Waals surface area (Å²) in [5, 5.41) is 3.54. The molecule has 0 bridgehead atoms. The van der Waals surface area contributed by atoms with Crippen LogP contribution in [0.3, 0.4) is 0 Å². The Morgan fingerprint density at radius 1 is 1.26 bits per heavy atom. The molecule has 1 amide bonds. The Morgan fingerprint density at radius 2 is 2.05 bits per heavy atom. The largest absolute Gasteiger partial charge is 0.348 e. The number of carbonyl (C=O) groups excluding carboxylic acids is 1. The summed E-state index contributed by atoms with van der Waals surface area (Å²) < 4.78 is 0.933. The lowest BCUT2D eigenvalue weighted by molar-refractivity contribution is 0.0951. The van der Waals surface area contributed by atoms with E-state index in [0.717, 1.165) is 15.6 Å². The molecule has 0 heterocycles. The van der Waals surface area contributed by atoms with Crippen LogP contribution in [0.25, 0.3) is 0 Å². The van der Waals surface area contributed by atoms with Crippen molar-refractivity contribution in [3.05, 3.63) is 68.7 Å². The smallest absolute Gasteiger partial charge is 0.251 e. The molecule has 2 rings (SSSR count). The maximum absolute atomic E-state index is 12.0. The molecule has 0 aliphatic carbocycles. The van der Waals surface area contributed by atoms with Crippen molar-refractivity contribution in [1.82, 2.24) is 5.32 Å². The number of carbonyl (C=O) groups is 1. The highest BCUT2D eigenvalue weighted by molar-refractivity contribution is 9.10. The first kappa shape index (κ1) is 14.1. The van der Waals surface area contributed by atoms with Gasteiger partial charge in [-0.1, -0.05) is 45.7 Å². The lowest BCUT2D eigenvalue weighted by Crippen LogP contribution is -2.22. The minimum atomic E-state index is -0.0966. The van der Waals surface area contributed by atoms with Crippen molar-refractivity contribution < 1.29 is 4.79 Å². The van der Waals surface area contributed by atoms with Gasteiger partial charge in [-0.2, -0.15) is 0 Å². The van der Waals surface area contributed by atoms with Gasteiger partial charge < -0.3 is 5.32 Å². The number of aryl methyl sites for hydroxylation is 1. The van der Waals surface area contributed by atoms with Gasteiger partial charge >= 0.3 is 0 Å². The number of hydrogen-bond donors (Lipinski definition) is 1. The van der Waals surface area contributed by atoms with Crippen molar-refractivity contribution >= 4 is 33.4 Å². The predicted octanol–water partition coefficient (Wildman–Crippen LogP) is 4.34. The highest BCUT2D eigenvalue weighted by atomic mass is 79.9. The molecule has 19 heavy (non-hydrogen) atoms. The van der Waals surface area contributed by atoms with Gasteiger partial charge in [0.2, 0.25) is 0 Å². The van der Waals surface area contributed by atoms with Gasteiger partial charge in [0, 0.05) is 21.6 Å². The summed E-state index contributed by atoms with van der Waals surface area (Å²) in [6.45, 7) is 2.45. The standard InChI is InChI=1S/C15H13BrClNO/c1-10-5-6-12(8-14(10)16)15(19)18-9-11-3-2-4-13(17)7-11/h2-8H,9H2,1H3,(H,18,19). The summed E-state index contributed by atoms with van der Waals surface area (Å²) in [7, 11) is 0. The first-order chi connectivity index (χ1) is 9.06. The van der Waals surface area contributed by atoms with Crippen LogP contribution in [0.4, 0.5) is 0 Å². The topological polar surface area (TPSA) is 29.1 Å². The maximum atomic E-state index is 12.0. The van der Waals surface area contributed by atoms with Crippen molar-refractivity contribution in [2.45, 2.75) is 13.5 Å². The second-order valence-electron chi connectivity index (χ2n) is 4.28. The SMILES string of the molecule is Cc1ccc(C(=O)NCc2cccc(Cl)c2)cc1Br. The number of amides is 1. The molecule has 0 aromatic heterocycles. The average molecular weight is 339 g/mol. The second kappa shape index (κ2) is 6.22. The molecular formula is C15H13BrClNO. The number of rotatable bonds is 3. The third kappa shape index (κ3) is 3.82. The molecule has 2 aromatic carbocycles. The van der Waals surface area contributed by atoms with E-state index < -0.39 is 0 Å². The van der Waals surface area contributed by atoms with E-state index in [9.17, 15) is 4.79 Å². The highest BCUT2D eigenvalue weighted by Gasteiger charge is 2.06. The Bertz CT molecular complexity index is 613. The molecule has 0 aliphatic heterocycles. The van der Waals surface area contributed by atoms with Crippen LogP contribution in [0.1, 0.15) is 21.5 Å². The zero-order valence-corrected chi connectivity index (χ0v) is 12.8. The number of halogens is 2. The minimum absolute atomic E-state index is 0.0966. The first-order valence-electron chi connectivity index (χ1n) is 5.85. The number of benzene rings is 2. The monoisotopic (exact) mass is 337 g/mol. The van der Waals surface area contributed by atoms with Gasteiger partial charge in [-0.25, -0.2) is 0 Å². The van der Waals surface area contributed by atoms with E-state index in [1.54, 1.807) is 0 Å². The summed E-state index contributed by atoms with van der Waals surface area (Å²) in [5.74, 6) is -0.0966. The summed E-state index contributed by atoms with van der Waals surface area (Å²) in [6, 6.07) is 13.0. The molecule has 0 spiro atoms. The fourth-order valence-electron chi connectivity index (χ4n) is 1.67. The van der Waals surface area contributed by atoms with E-state index in [4.69, 9.17) is 11.6 Å². The quantitative estimate of drug-likeness (QED) is 0.886. The van der Waals surface area contributed by atoms with Crippen molar-refractivity contribution in [1.29, 1.82) is 0 Å². The van der Waals surface area contributed by atoms with Gasteiger partial charge in [-0.3, -0.25) is 4.79 Å². The van der Waals surface area contributed by atoms with E-state index >= 15 is 0 Å². The fourth-order valence-corrected chi connectivity index (χ4v) is 2.26. The zero-order valence-electron chi connectivity index (χ0n) is 10.4. The molecule has 1 N–H and O–H groups in total. The fraction of sp³-hybridized carbons (Fsp3) is 0.133. The average Bonchev–Trinajstić information content (AvgIpc) is 2.39. The first-order valence-corrected chi connectivity index (χ1v) is 7.02. The molecule has 0 saturated carbocycles. The highest BCUT2D eigenvalue weighted by Crippen LogP contribution is 2.17. The maximum Gasteiger partial charge on any atom is 0.251 e. The van der Waals surface area contributed by atoms with Crippen molar-refractivity contribution in [2.24, 2.45) is 0 Å². The van der Waals surface area contributed by atoms with Gasteiger partial charge in [0.05, 0.1) is 0 Å². The lowest BCUT2D eigenvalue weighted by Gasteiger charge is -2.07. The molecule has 0 unspecified atom stereocenters. The molecule has 2 nitrogen and oxygen atoms in total. The van der Waals surface area contributed by atoms with Crippen LogP contribution in [0, 0.1) is 6.92 Å². The summed E-state index contributed by atoms with van der Waals surface area (Å²) in [6.07, 6.45) is 0. The van der Waals surface area contributed by atoms with E-state index in [1.165, 1.54) is 0 Å². The Labute approximate surface area is 125 Å². The summed E-state index contributed by atoms with van der Waals surface area (Å²) in [4.78, 5) is 12.0. The zero-order chi connectivity index (χ0) is 13.8. The lowest BCUT2D eigenvalue weighted by atomic mass is 10.1. The third-order valence-corrected chi connectivity index (χ3v) is 3.87. The van der Waals surface area contributed by atoms with Gasteiger partial charge in [0.1, 0.15) is 0 Å². The molecule has 2 aromatic rings. The Morgan fingerprint density at radius 3 is 2.74 bits per heavy atom. The van der Waals surface area contributed by atoms with Crippen molar-refractivity contribution in [3.63, 3.8) is 0 Å². The van der Waals surface area contributed by atoms with Crippen LogP contribution in [0.15, 0.2) is 46.9 Å². The van der Waals surface area contributed by atoms with E-state index in [1.807, 2.05) is 49.4 Å².